The number of ether oxygens (including phenoxy) is 1. The Kier molecular flexibility index (Phi) is 6.36. The highest BCUT2D eigenvalue weighted by molar-refractivity contribution is 8.00. The van der Waals surface area contributed by atoms with Crippen LogP contribution in [0, 0.1) is 0 Å². The lowest BCUT2D eigenvalue weighted by Gasteiger charge is -2.44. The summed E-state index contributed by atoms with van der Waals surface area (Å²) < 4.78 is 5.11. The second-order valence-corrected chi connectivity index (χ2v) is 7.64. The van der Waals surface area contributed by atoms with Crippen molar-refractivity contribution < 1.29 is 33.8 Å². The number of fused-ring (bicyclic) bond motifs is 1. The van der Waals surface area contributed by atoms with Crippen LogP contribution < -0.4 is 5.32 Å². The van der Waals surface area contributed by atoms with Gasteiger partial charge in [0.2, 0.25) is 18.0 Å². The molecule has 1 saturated heterocycles. The van der Waals surface area contributed by atoms with Crippen LogP contribution in [0.5, 0.6) is 0 Å². The Bertz CT molecular complexity index is 971. The molecule has 0 radical (unpaired) electrons. The number of benzene rings is 1. The number of carbonyl (C=O) groups excluding carboxylic acids is 4. The molecular weight excluding hydrogens is 412 g/mol. The molecule has 2 amide bonds. The second-order valence-electron chi connectivity index (χ2n) is 6.47. The molecule has 10 heteroatoms. The first-order valence-corrected chi connectivity index (χ1v) is 9.98. The van der Waals surface area contributed by atoms with Gasteiger partial charge < -0.3 is 15.2 Å². The quantitative estimate of drug-likeness (QED) is 0.216. The molecule has 0 saturated carbocycles. The number of rotatable bonds is 7. The van der Waals surface area contributed by atoms with Crippen LogP contribution in [0.1, 0.15) is 23.7 Å². The van der Waals surface area contributed by atoms with Gasteiger partial charge in [0, 0.05) is 29.9 Å². The SMILES string of the molecule is CC(=O)OC(NC(=O)C=CC(=O)c1ccccc1)C1=C(C(=O)O)N2C(=O)C[C@H]2SC1. The first-order chi connectivity index (χ1) is 14.3. The fraction of sp³-hybridized carbons (Fsp3) is 0.250. The summed E-state index contributed by atoms with van der Waals surface area (Å²) in [6.45, 7) is 1.11. The maximum atomic E-state index is 12.3. The van der Waals surface area contributed by atoms with Crippen molar-refractivity contribution in [2.75, 3.05) is 5.75 Å². The van der Waals surface area contributed by atoms with Gasteiger partial charge in [-0.3, -0.25) is 24.1 Å². The minimum atomic E-state index is -1.39. The van der Waals surface area contributed by atoms with Gasteiger partial charge in [-0.1, -0.05) is 30.3 Å². The second kappa shape index (κ2) is 8.95. The molecule has 1 aromatic carbocycles. The molecule has 0 bridgehead atoms. The van der Waals surface area contributed by atoms with E-state index < -0.39 is 29.9 Å². The Balaban J connectivity index is 1.81. The highest BCUT2D eigenvalue weighted by Crippen LogP contribution is 2.40. The van der Waals surface area contributed by atoms with Gasteiger partial charge >= 0.3 is 11.9 Å². The van der Waals surface area contributed by atoms with Crippen molar-refractivity contribution in [2.45, 2.75) is 24.9 Å². The number of thioether (sulfide) groups is 1. The van der Waals surface area contributed by atoms with Crippen LogP contribution in [0.3, 0.4) is 0 Å². The molecule has 156 valence electrons. The number of esters is 1. The van der Waals surface area contributed by atoms with Gasteiger partial charge in [0.15, 0.2) is 5.78 Å². The minimum absolute atomic E-state index is 0.0862. The Morgan fingerprint density at radius 3 is 2.53 bits per heavy atom. The zero-order chi connectivity index (χ0) is 21.8. The van der Waals surface area contributed by atoms with Crippen LogP contribution in [0.25, 0.3) is 0 Å². The van der Waals surface area contributed by atoms with Crippen LogP contribution >= 0.6 is 11.8 Å². The number of allylic oxidation sites excluding steroid dienone is 1. The van der Waals surface area contributed by atoms with E-state index in [-0.39, 0.29) is 34.7 Å². The number of ketones is 1. The Labute approximate surface area is 175 Å². The third-order valence-electron chi connectivity index (χ3n) is 4.40. The summed E-state index contributed by atoms with van der Waals surface area (Å²) in [6.07, 6.45) is 0.871. The number of hydrogen-bond acceptors (Lipinski definition) is 7. The van der Waals surface area contributed by atoms with Gasteiger partial charge in [0.25, 0.3) is 0 Å². The maximum Gasteiger partial charge on any atom is 0.352 e. The smallest absolute Gasteiger partial charge is 0.352 e. The summed E-state index contributed by atoms with van der Waals surface area (Å²) in [5, 5.41) is 11.7. The number of nitrogens with zero attached hydrogens (tertiary/aromatic N) is 1. The third kappa shape index (κ3) is 4.60. The topological polar surface area (TPSA) is 130 Å². The largest absolute Gasteiger partial charge is 0.477 e. The normalized spacial score (nSPS) is 19.0. The standard InChI is InChI=1S/C20H18N2O7S/c1-11(23)29-19(13-10-30-17-9-16(26)22(17)18(13)20(27)28)21-15(25)8-7-14(24)12-5-3-2-4-6-12/h2-8,17,19H,9-10H2,1H3,(H,21,25)(H,27,28)/t17-,19?/m1/s1. The number of hydrogen-bond donors (Lipinski definition) is 2. The van der Waals surface area contributed by atoms with E-state index in [1.165, 1.54) is 11.8 Å². The summed E-state index contributed by atoms with van der Waals surface area (Å²) in [7, 11) is 0. The van der Waals surface area contributed by atoms with Gasteiger partial charge in [-0.25, -0.2) is 4.79 Å². The van der Waals surface area contributed by atoms with Crippen LogP contribution in [0.15, 0.2) is 53.8 Å². The maximum absolute atomic E-state index is 12.3. The summed E-state index contributed by atoms with van der Waals surface area (Å²) in [6, 6.07) is 8.30. The molecule has 0 spiro atoms. The van der Waals surface area contributed by atoms with E-state index in [4.69, 9.17) is 4.74 Å². The van der Waals surface area contributed by atoms with Crippen molar-refractivity contribution in [3.05, 3.63) is 59.3 Å². The molecule has 2 atom stereocenters. The molecule has 1 fully saturated rings. The molecule has 1 unspecified atom stereocenters. The van der Waals surface area contributed by atoms with Crippen molar-refractivity contribution in [2.24, 2.45) is 0 Å². The van der Waals surface area contributed by atoms with Crippen molar-refractivity contribution in [1.82, 2.24) is 10.2 Å². The number of nitrogens with one attached hydrogen (secondary N) is 1. The van der Waals surface area contributed by atoms with Crippen LogP contribution in [-0.4, -0.2) is 56.9 Å². The lowest BCUT2D eigenvalue weighted by atomic mass is 10.1. The number of carboxylic acids is 1. The predicted molar refractivity (Wildman–Crippen MR) is 106 cm³/mol. The first-order valence-electron chi connectivity index (χ1n) is 8.93. The molecule has 0 aliphatic carbocycles. The Morgan fingerprint density at radius 2 is 1.93 bits per heavy atom. The molecule has 2 heterocycles. The molecule has 2 aliphatic rings. The van der Waals surface area contributed by atoms with Gasteiger partial charge in [-0.05, 0) is 6.08 Å². The van der Waals surface area contributed by atoms with Crippen LogP contribution in [0.4, 0.5) is 0 Å². The molecule has 9 nitrogen and oxygen atoms in total. The molecule has 30 heavy (non-hydrogen) atoms. The zero-order valence-corrected chi connectivity index (χ0v) is 16.7. The van der Waals surface area contributed by atoms with Crippen molar-refractivity contribution in [3.63, 3.8) is 0 Å². The number of carboxylic acid groups (broad SMARTS) is 1. The van der Waals surface area contributed by atoms with E-state index >= 15 is 0 Å². The highest BCUT2D eigenvalue weighted by atomic mass is 32.2. The monoisotopic (exact) mass is 430 g/mol. The lowest BCUT2D eigenvalue weighted by Crippen LogP contribution is -2.56. The molecule has 1 aromatic rings. The first kappa shape index (κ1) is 21.3. The average molecular weight is 430 g/mol. The minimum Gasteiger partial charge on any atom is -0.477 e. The van der Waals surface area contributed by atoms with E-state index in [9.17, 15) is 29.1 Å². The van der Waals surface area contributed by atoms with Crippen molar-refractivity contribution >= 4 is 41.3 Å². The zero-order valence-electron chi connectivity index (χ0n) is 15.9. The molecule has 2 N–H and O–H groups in total. The van der Waals surface area contributed by atoms with E-state index in [1.54, 1.807) is 30.3 Å². The summed E-state index contributed by atoms with van der Waals surface area (Å²) in [5.41, 5.74) is 0.175. The van der Waals surface area contributed by atoms with Crippen LogP contribution in [0.2, 0.25) is 0 Å². The molecule has 0 aromatic heterocycles. The highest BCUT2D eigenvalue weighted by Gasteiger charge is 2.47. The Hall–Kier alpha value is -3.40. The molecular formula is C20H18N2O7S. The van der Waals surface area contributed by atoms with E-state index in [0.29, 0.717) is 5.56 Å². The molecule has 3 rings (SSSR count). The van der Waals surface area contributed by atoms with Gasteiger partial charge in [0.05, 0.1) is 11.8 Å². The number of carbonyl (C=O) groups is 5. The fourth-order valence-corrected chi connectivity index (χ4v) is 4.31. The molecule has 2 aliphatic heterocycles. The summed E-state index contributed by atoms with van der Waals surface area (Å²) in [5.74, 6) is -3.47. The van der Waals surface area contributed by atoms with Gasteiger partial charge in [-0.15, -0.1) is 11.8 Å². The third-order valence-corrected chi connectivity index (χ3v) is 5.64. The summed E-state index contributed by atoms with van der Waals surface area (Å²) >= 11 is 1.31. The fourth-order valence-electron chi connectivity index (χ4n) is 3.02. The van der Waals surface area contributed by atoms with Gasteiger partial charge in [-0.2, -0.15) is 0 Å². The number of aliphatic carboxylic acids is 1. The van der Waals surface area contributed by atoms with E-state index in [0.717, 1.165) is 24.0 Å². The van der Waals surface area contributed by atoms with E-state index in [1.807, 2.05) is 0 Å². The number of β-lactam (4-membered cyclic amide) rings is 1. The number of amides is 2. The summed E-state index contributed by atoms with van der Waals surface area (Å²) in [4.78, 5) is 60.7. The van der Waals surface area contributed by atoms with Crippen molar-refractivity contribution in [3.8, 4) is 0 Å². The van der Waals surface area contributed by atoms with E-state index in [2.05, 4.69) is 5.32 Å². The van der Waals surface area contributed by atoms with Gasteiger partial charge in [0.1, 0.15) is 5.70 Å². The van der Waals surface area contributed by atoms with Crippen LogP contribution in [-0.2, 0) is 23.9 Å². The lowest BCUT2D eigenvalue weighted by molar-refractivity contribution is -0.149. The average Bonchev–Trinajstić information content (AvgIpc) is 2.70. The Morgan fingerprint density at radius 1 is 1.23 bits per heavy atom. The predicted octanol–water partition coefficient (Wildman–Crippen LogP) is 1.07. The van der Waals surface area contributed by atoms with Crippen molar-refractivity contribution in [1.29, 1.82) is 0 Å².